The van der Waals surface area contributed by atoms with Crippen LogP contribution in [0.25, 0.3) is 0 Å². The molecule has 6 heteroatoms. The molecule has 0 aliphatic heterocycles. The second-order valence-electron chi connectivity index (χ2n) is 6.88. The lowest BCUT2D eigenvalue weighted by molar-refractivity contribution is -0.127. The molecule has 0 saturated carbocycles. The van der Waals surface area contributed by atoms with E-state index in [9.17, 15) is 14.4 Å². The van der Waals surface area contributed by atoms with Crippen LogP contribution in [0.1, 0.15) is 43.1 Å². The minimum atomic E-state index is -0.652. The molecule has 0 aromatic heterocycles. The van der Waals surface area contributed by atoms with Gasteiger partial charge in [-0.1, -0.05) is 50.6 Å². The van der Waals surface area contributed by atoms with Gasteiger partial charge in [0.15, 0.2) is 0 Å². The van der Waals surface area contributed by atoms with E-state index in [1.807, 2.05) is 44.2 Å². The maximum Gasteiger partial charge on any atom is 0.338 e. The van der Waals surface area contributed by atoms with Gasteiger partial charge in [-0.15, -0.1) is 0 Å². The molecular weight excluding hydrogens is 368 g/mol. The van der Waals surface area contributed by atoms with Gasteiger partial charge in [0.05, 0.1) is 18.6 Å². The third kappa shape index (κ3) is 6.75. The molecule has 0 bridgehead atoms. The first kappa shape index (κ1) is 22.1. The second-order valence-corrected chi connectivity index (χ2v) is 6.88. The largest absolute Gasteiger partial charge is 0.462 e. The van der Waals surface area contributed by atoms with Crippen molar-refractivity contribution in [2.24, 2.45) is 5.92 Å². The van der Waals surface area contributed by atoms with E-state index in [0.717, 1.165) is 12.0 Å². The number of hydrogen-bond donors (Lipinski definition) is 2. The number of amides is 2. The Labute approximate surface area is 171 Å². The molecule has 0 fully saturated rings. The normalized spacial score (nSPS) is 12.5. The molecule has 0 radical (unpaired) electrons. The van der Waals surface area contributed by atoms with Crippen LogP contribution in [-0.4, -0.2) is 30.4 Å². The SMILES string of the molecule is CCOC(=O)c1ccc(NC(=O)C(NC(=O)Cc2ccccc2)C(C)CC)cc1. The zero-order valence-corrected chi connectivity index (χ0v) is 17.1. The Kier molecular flexibility index (Phi) is 8.40. The molecule has 2 rings (SSSR count). The lowest BCUT2D eigenvalue weighted by atomic mass is 9.97. The average Bonchev–Trinajstić information content (AvgIpc) is 2.72. The van der Waals surface area contributed by atoms with E-state index in [0.29, 0.717) is 17.9 Å². The highest BCUT2D eigenvalue weighted by molar-refractivity contribution is 5.98. The predicted octanol–water partition coefficient (Wildman–Crippen LogP) is 3.58. The van der Waals surface area contributed by atoms with Crippen molar-refractivity contribution in [3.63, 3.8) is 0 Å². The van der Waals surface area contributed by atoms with Crippen molar-refractivity contribution < 1.29 is 19.1 Å². The van der Waals surface area contributed by atoms with E-state index in [4.69, 9.17) is 4.74 Å². The summed E-state index contributed by atoms with van der Waals surface area (Å²) in [7, 11) is 0. The number of esters is 1. The van der Waals surface area contributed by atoms with Crippen molar-refractivity contribution in [1.29, 1.82) is 0 Å². The van der Waals surface area contributed by atoms with Crippen molar-refractivity contribution in [2.75, 3.05) is 11.9 Å². The zero-order valence-electron chi connectivity index (χ0n) is 17.1. The third-order valence-corrected chi connectivity index (χ3v) is 4.68. The summed E-state index contributed by atoms with van der Waals surface area (Å²) < 4.78 is 4.95. The van der Waals surface area contributed by atoms with Gasteiger partial charge in [0.2, 0.25) is 11.8 Å². The van der Waals surface area contributed by atoms with Crippen molar-refractivity contribution in [3.05, 3.63) is 65.7 Å². The monoisotopic (exact) mass is 396 g/mol. The molecule has 0 heterocycles. The Morgan fingerprint density at radius 1 is 0.966 bits per heavy atom. The first-order chi connectivity index (χ1) is 13.9. The summed E-state index contributed by atoms with van der Waals surface area (Å²) in [5.41, 5.74) is 1.86. The van der Waals surface area contributed by atoms with Gasteiger partial charge in [-0.3, -0.25) is 9.59 Å². The summed E-state index contributed by atoms with van der Waals surface area (Å²) in [6, 6.07) is 15.2. The van der Waals surface area contributed by atoms with E-state index < -0.39 is 12.0 Å². The summed E-state index contributed by atoms with van der Waals surface area (Å²) in [6.45, 7) is 5.95. The molecule has 0 spiro atoms. The van der Waals surface area contributed by atoms with Gasteiger partial charge >= 0.3 is 5.97 Å². The number of benzene rings is 2. The van der Waals surface area contributed by atoms with Gasteiger partial charge in [0.1, 0.15) is 6.04 Å². The summed E-state index contributed by atoms with van der Waals surface area (Å²) >= 11 is 0. The van der Waals surface area contributed by atoms with Crippen molar-refractivity contribution in [1.82, 2.24) is 5.32 Å². The Balaban J connectivity index is 2.02. The summed E-state index contributed by atoms with van der Waals surface area (Å²) in [6.07, 6.45) is 0.959. The van der Waals surface area contributed by atoms with Crippen LogP contribution in [0.2, 0.25) is 0 Å². The highest BCUT2D eigenvalue weighted by Crippen LogP contribution is 2.14. The van der Waals surface area contributed by atoms with Crippen LogP contribution < -0.4 is 10.6 Å². The predicted molar refractivity (Wildman–Crippen MR) is 113 cm³/mol. The maximum atomic E-state index is 12.8. The fourth-order valence-electron chi connectivity index (χ4n) is 2.83. The van der Waals surface area contributed by atoms with Crippen LogP contribution in [0, 0.1) is 5.92 Å². The van der Waals surface area contributed by atoms with Crippen LogP contribution >= 0.6 is 0 Å². The molecule has 2 unspecified atom stereocenters. The number of hydrogen-bond acceptors (Lipinski definition) is 4. The molecule has 0 saturated heterocycles. The van der Waals surface area contributed by atoms with Crippen molar-refractivity contribution >= 4 is 23.5 Å². The smallest absolute Gasteiger partial charge is 0.338 e. The molecule has 29 heavy (non-hydrogen) atoms. The number of nitrogens with one attached hydrogen (secondary N) is 2. The molecule has 154 valence electrons. The minimum Gasteiger partial charge on any atom is -0.462 e. The standard InChI is InChI=1S/C23H28N2O4/c1-4-16(3)21(25-20(26)15-17-9-7-6-8-10-17)22(27)24-19-13-11-18(12-14-19)23(28)29-5-2/h6-14,16,21H,4-5,15H2,1-3H3,(H,24,27)(H,25,26). The highest BCUT2D eigenvalue weighted by atomic mass is 16.5. The van der Waals surface area contributed by atoms with E-state index in [1.165, 1.54) is 0 Å². The van der Waals surface area contributed by atoms with E-state index in [1.54, 1.807) is 31.2 Å². The van der Waals surface area contributed by atoms with Gasteiger partial charge in [0, 0.05) is 5.69 Å². The number of anilines is 1. The molecule has 0 aliphatic rings. The van der Waals surface area contributed by atoms with Crippen molar-refractivity contribution in [2.45, 2.75) is 39.7 Å². The van der Waals surface area contributed by atoms with E-state index >= 15 is 0 Å². The fourth-order valence-corrected chi connectivity index (χ4v) is 2.83. The highest BCUT2D eigenvalue weighted by Gasteiger charge is 2.26. The lowest BCUT2D eigenvalue weighted by Gasteiger charge is -2.23. The molecule has 2 aromatic carbocycles. The fraction of sp³-hybridized carbons (Fsp3) is 0.348. The molecule has 2 atom stereocenters. The Morgan fingerprint density at radius 3 is 2.21 bits per heavy atom. The Morgan fingerprint density at radius 2 is 1.62 bits per heavy atom. The molecule has 2 aromatic rings. The van der Waals surface area contributed by atoms with E-state index in [2.05, 4.69) is 10.6 Å². The summed E-state index contributed by atoms with van der Waals surface area (Å²) in [4.78, 5) is 37.0. The van der Waals surface area contributed by atoms with Crippen LogP contribution in [0.3, 0.4) is 0 Å². The first-order valence-electron chi connectivity index (χ1n) is 9.85. The van der Waals surface area contributed by atoms with Crippen LogP contribution in [-0.2, 0) is 20.7 Å². The number of rotatable bonds is 9. The summed E-state index contributed by atoms with van der Waals surface area (Å²) in [5, 5.41) is 5.68. The first-order valence-corrected chi connectivity index (χ1v) is 9.85. The van der Waals surface area contributed by atoms with Crippen molar-refractivity contribution in [3.8, 4) is 0 Å². The summed E-state index contributed by atoms with van der Waals surface area (Å²) in [5.74, 6) is -0.927. The quantitative estimate of drug-likeness (QED) is 0.635. The molecule has 2 amide bonds. The molecule has 0 aliphatic carbocycles. The molecule has 2 N–H and O–H groups in total. The zero-order chi connectivity index (χ0) is 21.2. The van der Waals surface area contributed by atoms with Gasteiger partial charge in [-0.25, -0.2) is 4.79 Å². The van der Waals surface area contributed by atoms with Crippen LogP contribution in [0.15, 0.2) is 54.6 Å². The van der Waals surface area contributed by atoms with Crippen LogP contribution in [0.4, 0.5) is 5.69 Å². The van der Waals surface area contributed by atoms with E-state index in [-0.39, 0.29) is 24.2 Å². The number of ether oxygens (including phenoxy) is 1. The Bertz CT molecular complexity index is 819. The maximum absolute atomic E-state index is 12.8. The Hall–Kier alpha value is -3.15. The average molecular weight is 396 g/mol. The van der Waals surface area contributed by atoms with Crippen LogP contribution in [0.5, 0.6) is 0 Å². The minimum absolute atomic E-state index is 0.0338. The van der Waals surface area contributed by atoms with Gasteiger partial charge in [-0.2, -0.15) is 0 Å². The number of carbonyl (C=O) groups excluding carboxylic acids is 3. The molecular formula is C23H28N2O4. The van der Waals surface area contributed by atoms with Gasteiger partial charge in [-0.05, 0) is 42.7 Å². The second kappa shape index (κ2) is 11.0. The number of carbonyl (C=O) groups is 3. The van der Waals surface area contributed by atoms with Gasteiger partial charge < -0.3 is 15.4 Å². The van der Waals surface area contributed by atoms with Gasteiger partial charge in [0.25, 0.3) is 0 Å². The topological polar surface area (TPSA) is 84.5 Å². The molecule has 6 nitrogen and oxygen atoms in total. The lowest BCUT2D eigenvalue weighted by Crippen LogP contribution is -2.48. The third-order valence-electron chi connectivity index (χ3n) is 4.68.